The molecule has 0 fully saturated rings. The van der Waals surface area contributed by atoms with Crippen molar-refractivity contribution in [3.8, 4) is 16.9 Å². The molecule has 1 N–H and O–H groups in total. The molecule has 1 amide bonds. The molecule has 3 aromatic rings. The number of ether oxygens (including phenoxy) is 1. The van der Waals surface area contributed by atoms with Crippen molar-refractivity contribution in [2.45, 2.75) is 19.6 Å². The number of nitrogens with one attached hydrogen (secondary N) is 1. The van der Waals surface area contributed by atoms with Gasteiger partial charge >= 0.3 is 0 Å². The minimum atomic E-state index is -0.570. The SMILES string of the molecule is C[C@H](Oc1ccc(-c2ccccc2)cc1)C(=O)NCc1cccnc1. The van der Waals surface area contributed by atoms with Gasteiger partial charge < -0.3 is 10.1 Å². The lowest BCUT2D eigenvalue weighted by Gasteiger charge is -2.15. The highest BCUT2D eigenvalue weighted by Crippen LogP contribution is 2.22. The Hall–Kier alpha value is -3.14. The summed E-state index contributed by atoms with van der Waals surface area (Å²) in [6, 6.07) is 21.6. The van der Waals surface area contributed by atoms with Crippen LogP contribution >= 0.6 is 0 Å². The zero-order valence-corrected chi connectivity index (χ0v) is 14.1. The zero-order valence-electron chi connectivity index (χ0n) is 14.1. The first kappa shape index (κ1) is 16.7. The van der Waals surface area contributed by atoms with Crippen LogP contribution in [0.2, 0.25) is 0 Å². The van der Waals surface area contributed by atoms with Gasteiger partial charge in [0, 0.05) is 18.9 Å². The van der Waals surface area contributed by atoms with Crippen molar-refractivity contribution in [2.75, 3.05) is 0 Å². The van der Waals surface area contributed by atoms with Crippen molar-refractivity contribution in [1.29, 1.82) is 0 Å². The summed E-state index contributed by atoms with van der Waals surface area (Å²) >= 11 is 0. The van der Waals surface area contributed by atoms with Crippen molar-refractivity contribution >= 4 is 5.91 Å². The first-order chi connectivity index (χ1) is 12.2. The molecule has 4 heteroatoms. The van der Waals surface area contributed by atoms with Gasteiger partial charge in [-0.2, -0.15) is 0 Å². The van der Waals surface area contributed by atoms with Crippen LogP contribution in [0.1, 0.15) is 12.5 Å². The number of nitrogens with zero attached hydrogens (tertiary/aromatic N) is 1. The van der Waals surface area contributed by atoms with Gasteiger partial charge in [-0.25, -0.2) is 0 Å². The molecular formula is C21H20N2O2. The van der Waals surface area contributed by atoms with Crippen molar-refractivity contribution in [1.82, 2.24) is 10.3 Å². The summed E-state index contributed by atoms with van der Waals surface area (Å²) in [4.78, 5) is 16.2. The molecule has 4 nitrogen and oxygen atoms in total. The molecule has 0 aliphatic heterocycles. The first-order valence-corrected chi connectivity index (χ1v) is 8.21. The van der Waals surface area contributed by atoms with Gasteiger partial charge in [0.15, 0.2) is 6.10 Å². The number of pyridine rings is 1. The Kier molecular flexibility index (Phi) is 5.42. The van der Waals surface area contributed by atoms with E-state index in [9.17, 15) is 4.79 Å². The normalized spacial score (nSPS) is 11.6. The lowest BCUT2D eigenvalue weighted by Crippen LogP contribution is -2.35. The summed E-state index contributed by atoms with van der Waals surface area (Å²) in [6.45, 7) is 2.18. The van der Waals surface area contributed by atoms with E-state index in [-0.39, 0.29) is 5.91 Å². The average molecular weight is 332 g/mol. The third-order valence-electron chi connectivity index (χ3n) is 3.83. The van der Waals surface area contributed by atoms with Gasteiger partial charge in [0.2, 0.25) is 0 Å². The fourth-order valence-electron chi connectivity index (χ4n) is 2.45. The maximum atomic E-state index is 12.2. The molecule has 1 heterocycles. The molecule has 1 aromatic heterocycles. The van der Waals surface area contributed by atoms with Gasteiger partial charge in [0.05, 0.1) is 0 Å². The van der Waals surface area contributed by atoms with Crippen LogP contribution in [0.25, 0.3) is 11.1 Å². The van der Waals surface area contributed by atoms with Crippen LogP contribution in [0.15, 0.2) is 79.1 Å². The maximum Gasteiger partial charge on any atom is 0.261 e. The number of hydrogen-bond acceptors (Lipinski definition) is 3. The van der Waals surface area contributed by atoms with Crippen molar-refractivity contribution in [3.63, 3.8) is 0 Å². The highest BCUT2D eigenvalue weighted by molar-refractivity contribution is 5.80. The van der Waals surface area contributed by atoms with E-state index in [1.165, 1.54) is 0 Å². The van der Waals surface area contributed by atoms with E-state index in [1.54, 1.807) is 19.3 Å². The van der Waals surface area contributed by atoms with Crippen molar-refractivity contribution in [2.24, 2.45) is 0 Å². The Morgan fingerprint density at radius 3 is 2.40 bits per heavy atom. The van der Waals surface area contributed by atoms with E-state index >= 15 is 0 Å². The summed E-state index contributed by atoms with van der Waals surface area (Å²) in [5, 5.41) is 2.85. The van der Waals surface area contributed by atoms with E-state index in [0.29, 0.717) is 12.3 Å². The number of carbonyl (C=O) groups excluding carboxylic acids is 1. The molecule has 126 valence electrons. The smallest absolute Gasteiger partial charge is 0.261 e. The van der Waals surface area contributed by atoms with Crippen LogP contribution in [-0.4, -0.2) is 17.0 Å². The molecule has 0 aliphatic rings. The van der Waals surface area contributed by atoms with Gasteiger partial charge in [0.25, 0.3) is 5.91 Å². The third-order valence-corrected chi connectivity index (χ3v) is 3.83. The second-order valence-electron chi connectivity index (χ2n) is 5.73. The average Bonchev–Trinajstić information content (AvgIpc) is 2.68. The Morgan fingerprint density at radius 1 is 1.00 bits per heavy atom. The van der Waals surface area contributed by atoms with Gasteiger partial charge in [-0.05, 0) is 41.8 Å². The van der Waals surface area contributed by atoms with Crippen molar-refractivity contribution < 1.29 is 9.53 Å². The molecule has 0 spiro atoms. The van der Waals surface area contributed by atoms with Gasteiger partial charge in [-0.3, -0.25) is 9.78 Å². The minimum Gasteiger partial charge on any atom is -0.481 e. The van der Waals surface area contributed by atoms with Gasteiger partial charge in [-0.15, -0.1) is 0 Å². The standard InChI is InChI=1S/C21H20N2O2/c1-16(21(24)23-15-17-6-5-13-22-14-17)25-20-11-9-19(10-12-20)18-7-3-2-4-8-18/h2-14,16H,15H2,1H3,(H,23,24)/t16-/m0/s1. The molecule has 0 aliphatic carbocycles. The number of rotatable bonds is 6. The van der Waals surface area contributed by atoms with Crippen LogP contribution in [0.5, 0.6) is 5.75 Å². The predicted octanol–water partition coefficient (Wildman–Crippen LogP) is 3.83. The van der Waals surface area contributed by atoms with Gasteiger partial charge in [-0.1, -0.05) is 48.5 Å². The number of carbonyl (C=O) groups is 1. The molecule has 0 radical (unpaired) electrons. The molecule has 3 rings (SSSR count). The molecule has 0 saturated carbocycles. The Balaban J connectivity index is 1.55. The number of aromatic nitrogens is 1. The largest absolute Gasteiger partial charge is 0.481 e. The lowest BCUT2D eigenvalue weighted by molar-refractivity contribution is -0.127. The molecule has 2 aromatic carbocycles. The minimum absolute atomic E-state index is 0.156. The Morgan fingerprint density at radius 2 is 1.72 bits per heavy atom. The fourth-order valence-corrected chi connectivity index (χ4v) is 2.45. The zero-order chi connectivity index (χ0) is 17.5. The molecule has 25 heavy (non-hydrogen) atoms. The number of hydrogen-bond donors (Lipinski definition) is 1. The second kappa shape index (κ2) is 8.11. The second-order valence-corrected chi connectivity index (χ2v) is 5.73. The number of benzene rings is 2. The van der Waals surface area contributed by atoms with E-state index in [1.807, 2.05) is 54.6 Å². The van der Waals surface area contributed by atoms with E-state index < -0.39 is 6.10 Å². The lowest BCUT2D eigenvalue weighted by atomic mass is 10.1. The van der Waals surface area contributed by atoms with Crippen LogP contribution in [0.3, 0.4) is 0 Å². The Bertz CT molecular complexity index is 802. The van der Waals surface area contributed by atoms with Crippen LogP contribution in [-0.2, 0) is 11.3 Å². The van der Waals surface area contributed by atoms with Crippen LogP contribution in [0.4, 0.5) is 0 Å². The third kappa shape index (κ3) is 4.67. The fraction of sp³-hybridized carbons (Fsp3) is 0.143. The maximum absolute atomic E-state index is 12.2. The summed E-state index contributed by atoms with van der Waals surface area (Å²) in [7, 11) is 0. The number of amides is 1. The monoisotopic (exact) mass is 332 g/mol. The van der Waals surface area contributed by atoms with E-state index in [2.05, 4.69) is 22.4 Å². The summed E-state index contributed by atoms with van der Waals surface area (Å²) in [5.41, 5.74) is 3.22. The highest BCUT2D eigenvalue weighted by atomic mass is 16.5. The summed E-state index contributed by atoms with van der Waals surface area (Å²) < 4.78 is 5.73. The summed E-state index contributed by atoms with van der Waals surface area (Å²) in [6.07, 6.45) is 2.86. The van der Waals surface area contributed by atoms with Gasteiger partial charge in [0.1, 0.15) is 5.75 Å². The van der Waals surface area contributed by atoms with Crippen LogP contribution in [0, 0.1) is 0 Å². The van der Waals surface area contributed by atoms with E-state index in [0.717, 1.165) is 16.7 Å². The highest BCUT2D eigenvalue weighted by Gasteiger charge is 2.14. The molecular weight excluding hydrogens is 312 g/mol. The Labute approximate surface area is 147 Å². The van der Waals surface area contributed by atoms with Crippen molar-refractivity contribution in [3.05, 3.63) is 84.7 Å². The molecule has 0 bridgehead atoms. The quantitative estimate of drug-likeness (QED) is 0.746. The first-order valence-electron chi connectivity index (χ1n) is 8.21. The molecule has 0 saturated heterocycles. The van der Waals surface area contributed by atoms with Crippen LogP contribution < -0.4 is 10.1 Å². The molecule has 0 unspecified atom stereocenters. The predicted molar refractivity (Wildman–Crippen MR) is 98.1 cm³/mol. The van der Waals surface area contributed by atoms with E-state index in [4.69, 9.17) is 4.74 Å². The summed E-state index contributed by atoms with van der Waals surface area (Å²) in [5.74, 6) is 0.514. The molecule has 1 atom stereocenters. The topological polar surface area (TPSA) is 51.2 Å².